The van der Waals surface area contributed by atoms with Crippen molar-refractivity contribution in [3.63, 3.8) is 0 Å². The number of fused-ring (bicyclic) bond motifs is 1. The van der Waals surface area contributed by atoms with Crippen LogP contribution < -0.4 is 19.1 Å². The number of nitrogens with zero attached hydrogens (tertiary/aromatic N) is 2. The van der Waals surface area contributed by atoms with Gasteiger partial charge in [0.05, 0.1) is 12.0 Å². The lowest BCUT2D eigenvalue weighted by Gasteiger charge is -2.35. The van der Waals surface area contributed by atoms with Crippen molar-refractivity contribution in [2.75, 3.05) is 51.4 Å². The van der Waals surface area contributed by atoms with Crippen LogP contribution in [0.4, 0.5) is 5.69 Å². The minimum atomic E-state index is -3.57. The molecule has 2 heterocycles. The Morgan fingerprint density at radius 2 is 1.67 bits per heavy atom. The van der Waals surface area contributed by atoms with Gasteiger partial charge in [-0.1, -0.05) is 6.07 Å². The van der Waals surface area contributed by atoms with E-state index >= 15 is 0 Å². The van der Waals surface area contributed by atoms with Crippen molar-refractivity contribution in [3.8, 4) is 17.2 Å². The Kier molecular flexibility index (Phi) is 4.84. The molecular formula is C19H22N2O5S. The van der Waals surface area contributed by atoms with E-state index in [4.69, 9.17) is 14.2 Å². The van der Waals surface area contributed by atoms with Gasteiger partial charge in [0.1, 0.15) is 19.0 Å². The highest BCUT2D eigenvalue weighted by Gasteiger charge is 2.30. The molecule has 0 bridgehead atoms. The molecule has 0 N–H and O–H groups in total. The molecule has 0 aliphatic carbocycles. The first kappa shape index (κ1) is 17.9. The van der Waals surface area contributed by atoms with Crippen LogP contribution in [0, 0.1) is 0 Å². The molecule has 0 amide bonds. The van der Waals surface area contributed by atoms with Gasteiger partial charge in [0.2, 0.25) is 10.0 Å². The molecular weight excluding hydrogens is 368 g/mol. The Bertz CT molecular complexity index is 923. The Morgan fingerprint density at radius 1 is 0.926 bits per heavy atom. The van der Waals surface area contributed by atoms with Gasteiger partial charge in [0.15, 0.2) is 11.5 Å². The molecule has 2 aliphatic rings. The van der Waals surface area contributed by atoms with Crippen molar-refractivity contribution >= 4 is 15.7 Å². The highest BCUT2D eigenvalue weighted by atomic mass is 32.2. The first-order chi connectivity index (χ1) is 13.1. The Hall–Kier alpha value is -2.45. The maximum atomic E-state index is 13.0. The molecule has 1 fully saturated rings. The van der Waals surface area contributed by atoms with Crippen LogP contribution in [0.5, 0.6) is 17.2 Å². The number of hydrogen-bond acceptors (Lipinski definition) is 6. The summed E-state index contributed by atoms with van der Waals surface area (Å²) in [5.41, 5.74) is 1.03. The van der Waals surface area contributed by atoms with Crippen LogP contribution in [0.3, 0.4) is 0 Å². The zero-order valence-corrected chi connectivity index (χ0v) is 15.9. The summed E-state index contributed by atoms with van der Waals surface area (Å²) >= 11 is 0. The number of hydrogen-bond donors (Lipinski definition) is 0. The maximum Gasteiger partial charge on any atom is 0.243 e. The lowest BCUT2D eigenvalue weighted by Crippen LogP contribution is -2.48. The van der Waals surface area contributed by atoms with Crippen molar-refractivity contribution < 1.29 is 22.6 Å². The molecule has 0 spiro atoms. The summed E-state index contributed by atoms with van der Waals surface area (Å²) in [5.74, 6) is 1.86. The topological polar surface area (TPSA) is 68.3 Å². The van der Waals surface area contributed by atoms with Crippen LogP contribution in [0.1, 0.15) is 0 Å². The Balaban J connectivity index is 1.48. The van der Waals surface area contributed by atoms with Crippen molar-refractivity contribution in [3.05, 3.63) is 42.5 Å². The second kappa shape index (κ2) is 7.28. The van der Waals surface area contributed by atoms with Gasteiger partial charge in [-0.25, -0.2) is 8.42 Å². The number of anilines is 1. The zero-order valence-electron chi connectivity index (χ0n) is 15.1. The fourth-order valence-electron chi connectivity index (χ4n) is 3.33. The molecule has 1 saturated heterocycles. The van der Waals surface area contributed by atoms with Crippen LogP contribution in [0.15, 0.2) is 47.4 Å². The molecule has 0 atom stereocenters. The second-order valence-corrected chi connectivity index (χ2v) is 8.34. The summed E-state index contributed by atoms with van der Waals surface area (Å²) in [6, 6.07) is 12.6. The Morgan fingerprint density at radius 3 is 2.41 bits per heavy atom. The summed E-state index contributed by atoms with van der Waals surface area (Å²) in [7, 11) is -1.93. The number of rotatable bonds is 4. The van der Waals surface area contributed by atoms with Crippen molar-refractivity contribution in [2.45, 2.75) is 4.90 Å². The van der Waals surface area contributed by atoms with Crippen LogP contribution in [-0.2, 0) is 10.0 Å². The standard InChI is InChI=1S/C19H22N2O5S/c1-24-16-4-2-3-15(13-16)20-7-9-21(10-8-20)27(22,23)17-5-6-18-19(14-17)26-12-11-25-18/h2-6,13-14H,7-12H2,1H3. The smallest absolute Gasteiger partial charge is 0.243 e. The SMILES string of the molecule is COc1cccc(N2CCN(S(=O)(=O)c3ccc4c(c3)OCCO4)CC2)c1. The molecule has 8 heteroatoms. The fourth-order valence-corrected chi connectivity index (χ4v) is 4.77. The summed E-state index contributed by atoms with van der Waals surface area (Å²) in [6.45, 7) is 3.00. The summed E-state index contributed by atoms with van der Waals surface area (Å²) in [5, 5.41) is 0. The second-order valence-electron chi connectivity index (χ2n) is 6.40. The van der Waals surface area contributed by atoms with Gasteiger partial charge < -0.3 is 19.1 Å². The lowest BCUT2D eigenvalue weighted by molar-refractivity contribution is 0.171. The van der Waals surface area contributed by atoms with Gasteiger partial charge in [0, 0.05) is 44.0 Å². The highest BCUT2D eigenvalue weighted by Crippen LogP contribution is 2.33. The molecule has 144 valence electrons. The zero-order chi connectivity index (χ0) is 18.9. The van der Waals surface area contributed by atoms with Gasteiger partial charge in [-0.05, 0) is 24.3 Å². The minimum Gasteiger partial charge on any atom is -0.497 e. The first-order valence-electron chi connectivity index (χ1n) is 8.87. The van der Waals surface area contributed by atoms with Gasteiger partial charge in [-0.3, -0.25) is 0 Å². The molecule has 0 aromatic heterocycles. The van der Waals surface area contributed by atoms with Crippen molar-refractivity contribution in [2.24, 2.45) is 0 Å². The van der Waals surface area contributed by atoms with E-state index in [-0.39, 0.29) is 4.90 Å². The van der Waals surface area contributed by atoms with Crippen LogP contribution in [-0.4, -0.2) is 59.2 Å². The van der Waals surface area contributed by atoms with E-state index in [1.165, 1.54) is 4.31 Å². The predicted octanol–water partition coefficient (Wildman–Crippen LogP) is 1.98. The van der Waals surface area contributed by atoms with Crippen LogP contribution in [0.2, 0.25) is 0 Å². The van der Waals surface area contributed by atoms with E-state index in [1.54, 1.807) is 25.3 Å². The number of methoxy groups -OCH3 is 1. The third kappa shape index (κ3) is 3.54. The molecule has 2 aromatic carbocycles. The quantitative estimate of drug-likeness (QED) is 0.795. The van der Waals surface area contributed by atoms with Gasteiger partial charge in [-0.15, -0.1) is 0 Å². The van der Waals surface area contributed by atoms with E-state index in [2.05, 4.69) is 4.90 Å². The third-order valence-corrected chi connectivity index (χ3v) is 6.70. The van der Waals surface area contributed by atoms with E-state index < -0.39 is 10.0 Å². The van der Waals surface area contributed by atoms with E-state index in [1.807, 2.05) is 24.3 Å². The van der Waals surface area contributed by atoms with Crippen molar-refractivity contribution in [1.29, 1.82) is 0 Å². The van der Waals surface area contributed by atoms with E-state index in [0.29, 0.717) is 50.9 Å². The monoisotopic (exact) mass is 390 g/mol. The molecule has 7 nitrogen and oxygen atoms in total. The summed E-state index contributed by atoms with van der Waals surface area (Å²) in [6.07, 6.45) is 0. The van der Waals surface area contributed by atoms with Crippen molar-refractivity contribution in [1.82, 2.24) is 4.31 Å². The van der Waals surface area contributed by atoms with E-state index in [0.717, 1.165) is 11.4 Å². The molecule has 2 aromatic rings. The minimum absolute atomic E-state index is 0.238. The number of sulfonamides is 1. The molecule has 27 heavy (non-hydrogen) atoms. The van der Waals surface area contributed by atoms with Gasteiger partial charge in [0.25, 0.3) is 0 Å². The molecule has 0 saturated carbocycles. The lowest BCUT2D eigenvalue weighted by atomic mass is 10.2. The van der Waals surface area contributed by atoms with E-state index in [9.17, 15) is 8.42 Å². The third-order valence-electron chi connectivity index (χ3n) is 4.81. The largest absolute Gasteiger partial charge is 0.497 e. The van der Waals surface area contributed by atoms with Crippen LogP contribution >= 0.6 is 0 Å². The summed E-state index contributed by atoms with van der Waals surface area (Å²) < 4.78 is 43.8. The highest BCUT2D eigenvalue weighted by molar-refractivity contribution is 7.89. The average Bonchev–Trinajstić information content (AvgIpc) is 2.73. The Labute approximate surface area is 159 Å². The number of benzene rings is 2. The summed E-state index contributed by atoms with van der Waals surface area (Å²) in [4.78, 5) is 2.40. The molecule has 2 aliphatic heterocycles. The number of piperazine rings is 1. The predicted molar refractivity (Wildman–Crippen MR) is 101 cm³/mol. The van der Waals surface area contributed by atoms with Gasteiger partial charge >= 0.3 is 0 Å². The fraction of sp³-hybridized carbons (Fsp3) is 0.368. The molecule has 4 rings (SSSR count). The maximum absolute atomic E-state index is 13.0. The molecule has 0 radical (unpaired) electrons. The van der Waals surface area contributed by atoms with Crippen LogP contribution in [0.25, 0.3) is 0 Å². The first-order valence-corrected chi connectivity index (χ1v) is 10.3. The average molecular weight is 390 g/mol. The number of ether oxygens (including phenoxy) is 3. The normalized spacial score (nSPS) is 17.6. The molecule has 0 unspecified atom stereocenters. The van der Waals surface area contributed by atoms with Gasteiger partial charge in [-0.2, -0.15) is 4.31 Å².